The number of nitrogens with one attached hydrogen (secondary N) is 2. The molecule has 2 unspecified atom stereocenters. The van der Waals surface area contributed by atoms with Gasteiger partial charge in [0.1, 0.15) is 17.2 Å². The molecule has 22 heavy (non-hydrogen) atoms. The van der Waals surface area contributed by atoms with Crippen molar-refractivity contribution in [3.63, 3.8) is 0 Å². The molecule has 1 fully saturated rings. The molecule has 1 aliphatic rings. The molecule has 0 aromatic heterocycles. The molecule has 1 aliphatic heterocycles. The van der Waals surface area contributed by atoms with Crippen LogP contribution in [0.1, 0.15) is 25.3 Å². The lowest BCUT2D eigenvalue weighted by Crippen LogP contribution is -2.45. The van der Waals surface area contributed by atoms with Gasteiger partial charge in [-0.15, -0.1) is 0 Å². The summed E-state index contributed by atoms with van der Waals surface area (Å²) in [4.78, 5) is 11.7. The predicted molar refractivity (Wildman–Crippen MR) is 82.8 cm³/mol. The quantitative estimate of drug-likeness (QED) is 0.777. The average Bonchev–Trinajstić information content (AvgIpc) is 2.96. The zero-order valence-electron chi connectivity index (χ0n) is 12.4. The van der Waals surface area contributed by atoms with Gasteiger partial charge in [0.15, 0.2) is 0 Å². The maximum absolute atomic E-state index is 13.7. The SMILES string of the molecule is CC(O)(CNC(=O)NCC1CCCS1)c1ccc(F)cc1F. The molecule has 0 saturated carbocycles. The summed E-state index contributed by atoms with van der Waals surface area (Å²) < 4.78 is 26.6. The molecule has 0 radical (unpaired) electrons. The molecular formula is C15H20F2N2O2S. The van der Waals surface area contributed by atoms with E-state index >= 15 is 0 Å². The van der Waals surface area contributed by atoms with E-state index in [0.717, 1.165) is 24.7 Å². The number of benzene rings is 1. The van der Waals surface area contributed by atoms with Crippen LogP contribution in [0.15, 0.2) is 18.2 Å². The minimum absolute atomic E-state index is 0.0550. The third kappa shape index (κ3) is 4.58. The first-order valence-electron chi connectivity index (χ1n) is 7.20. The van der Waals surface area contributed by atoms with Crippen molar-refractivity contribution < 1.29 is 18.7 Å². The number of aliphatic hydroxyl groups is 1. The summed E-state index contributed by atoms with van der Waals surface area (Å²) in [5.74, 6) is -0.432. The van der Waals surface area contributed by atoms with E-state index in [0.29, 0.717) is 17.9 Å². The maximum Gasteiger partial charge on any atom is 0.314 e. The van der Waals surface area contributed by atoms with Crippen molar-refractivity contribution in [2.24, 2.45) is 0 Å². The van der Waals surface area contributed by atoms with Crippen molar-refractivity contribution in [2.45, 2.75) is 30.6 Å². The van der Waals surface area contributed by atoms with Crippen molar-refractivity contribution in [1.29, 1.82) is 0 Å². The van der Waals surface area contributed by atoms with Crippen molar-refractivity contribution in [2.75, 3.05) is 18.8 Å². The van der Waals surface area contributed by atoms with Gasteiger partial charge in [0.25, 0.3) is 0 Å². The van der Waals surface area contributed by atoms with Gasteiger partial charge in [0.2, 0.25) is 0 Å². The van der Waals surface area contributed by atoms with Crippen molar-refractivity contribution in [3.8, 4) is 0 Å². The van der Waals surface area contributed by atoms with Crippen LogP contribution in [-0.4, -0.2) is 35.2 Å². The molecular weight excluding hydrogens is 310 g/mol. The summed E-state index contributed by atoms with van der Waals surface area (Å²) in [5, 5.41) is 16.0. The number of hydrogen-bond donors (Lipinski definition) is 3. The number of halogens is 2. The molecule has 1 aromatic carbocycles. The first-order chi connectivity index (χ1) is 10.4. The number of thioether (sulfide) groups is 1. The summed E-state index contributed by atoms with van der Waals surface area (Å²) in [6.45, 7) is 1.78. The largest absolute Gasteiger partial charge is 0.383 e. The second-order valence-electron chi connectivity index (χ2n) is 5.60. The number of hydrogen-bond acceptors (Lipinski definition) is 3. The molecule has 122 valence electrons. The molecule has 0 bridgehead atoms. The van der Waals surface area contributed by atoms with Gasteiger partial charge >= 0.3 is 6.03 Å². The normalized spacial score (nSPS) is 20.5. The van der Waals surface area contributed by atoms with E-state index in [1.54, 1.807) is 0 Å². The Balaban J connectivity index is 1.84. The van der Waals surface area contributed by atoms with Crippen LogP contribution >= 0.6 is 11.8 Å². The minimum atomic E-state index is -1.61. The van der Waals surface area contributed by atoms with Crippen LogP contribution in [0.3, 0.4) is 0 Å². The molecule has 1 saturated heterocycles. The van der Waals surface area contributed by atoms with E-state index in [9.17, 15) is 18.7 Å². The molecule has 1 aromatic rings. The van der Waals surface area contributed by atoms with Gasteiger partial charge in [0.05, 0.1) is 6.54 Å². The standard InChI is InChI=1S/C15H20F2N2O2S/c1-15(21,12-5-4-10(16)7-13(12)17)9-19-14(20)18-8-11-3-2-6-22-11/h4-5,7,11,21H,2-3,6,8-9H2,1H3,(H2,18,19,20). The predicted octanol–water partition coefficient (Wildman–Crippen LogP) is 2.37. The Hall–Kier alpha value is -1.34. The summed E-state index contributed by atoms with van der Waals surface area (Å²) >= 11 is 1.83. The van der Waals surface area contributed by atoms with Gasteiger partial charge in [-0.2, -0.15) is 11.8 Å². The van der Waals surface area contributed by atoms with Crippen molar-refractivity contribution in [3.05, 3.63) is 35.4 Å². The Morgan fingerprint density at radius 1 is 1.45 bits per heavy atom. The molecule has 2 rings (SSSR count). The van der Waals surface area contributed by atoms with Gasteiger partial charge in [0, 0.05) is 23.4 Å². The van der Waals surface area contributed by atoms with E-state index in [4.69, 9.17) is 0 Å². The molecule has 1 heterocycles. The highest BCUT2D eigenvalue weighted by atomic mass is 32.2. The summed E-state index contributed by atoms with van der Waals surface area (Å²) in [5.41, 5.74) is -1.67. The molecule has 0 spiro atoms. The molecule has 2 atom stereocenters. The number of carbonyl (C=O) groups excluding carboxylic acids is 1. The number of urea groups is 1. The lowest BCUT2D eigenvalue weighted by molar-refractivity contribution is 0.0555. The Morgan fingerprint density at radius 3 is 2.86 bits per heavy atom. The molecule has 4 nitrogen and oxygen atoms in total. The van der Waals surface area contributed by atoms with Crippen LogP contribution in [0.25, 0.3) is 0 Å². The molecule has 2 amide bonds. The van der Waals surface area contributed by atoms with Crippen LogP contribution in [0, 0.1) is 11.6 Å². The molecule has 7 heteroatoms. The van der Waals surface area contributed by atoms with E-state index in [1.807, 2.05) is 11.8 Å². The fourth-order valence-electron chi connectivity index (χ4n) is 2.35. The molecule has 3 N–H and O–H groups in total. The van der Waals surface area contributed by atoms with Crippen LogP contribution in [0.4, 0.5) is 13.6 Å². The van der Waals surface area contributed by atoms with Crippen LogP contribution in [0.2, 0.25) is 0 Å². The molecule has 0 aliphatic carbocycles. The Bertz CT molecular complexity index is 534. The number of amides is 2. The van der Waals surface area contributed by atoms with Gasteiger partial charge in [-0.05, 0) is 31.6 Å². The summed E-state index contributed by atoms with van der Waals surface area (Å²) in [6, 6.07) is 2.56. The highest BCUT2D eigenvalue weighted by molar-refractivity contribution is 8.00. The second kappa shape index (κ2) is 7.28. The van der Waals surface area contributed by atoms with Gasteiger partial charge < -0.3 is 15.7 Å². The number of rotatable bonds is 5. The second-order valence-corrected chi connectivity index (χ2v) is 7.00. The Labute approximate surface area is 132 Å². The van der Waals surface area contributed by atoms with Crippen LogP contribution in [-0.2, 0) is 5.60 Å². The lowest BCUT2D eigenvalue weighted by atomic mass is 9.95. The lowest BCUT2D eigenvalue weighted by Gasteiger charge is -2.25. The smallest absolute Gasteiger partial charge is 0.314 e. The maximum atomic E-state index is 13.7. The van der Waals surface area contributed by atoms with Crippen LogP contribution < -0.4 is 10.6 Å². The highest BCUT2D eigenvalue weighted by Gasteiger charge is 2.27. The van der Waals surface area contributed by atoms with E-state index in [2.05, 4.69) is 10.6 Å². The average molecular weight is 330 g/mol. The van der Waals surface area contributed by atoms with Gasteiger partial charge in [-0.3, -0.25) is 0 Å². The van der Waals surface area contributed by atoms with Gasteiger partial charge in [-0.25, -0.2) is 13.6 Å². The van der Waals surface area contributed by atoms with Gasteiger partial charge in [-0.1, -0.05) is 6.07 Å². The van der Waals surface area contributed by atoms with Crippen LogP contribution in [0.5, 0.6) is 0 Å². The fraction of sp³-hybridized carbons (Fsp3) is 0.533. The third-order valence-electron chi connectivity index (χ3n) is 3.62. The van der Waals surface area contributed by atoms with Crippen molar-refractivity contribution in [1.82, 2.24) is 10.6 Å². The van der Waals surface area contributed by atoms with E-state index in [1.165, 1.54) is 13.0 Å². The first kappa shape index (κ1) is 17.0. The zero-order chi connectivity index (χ0) is 16.2. The number of carbonyl (C=O) groups is 1. The highest BCUT2D eigenvalue weighted by Crippen LogP contribution is 2.25. The third-order valence-corrected chi connectivity index (χ3v) is 5.02. The topological polar surface area (TPSA) is 61.4 Å². The van der Waals surface area contributed by atoms with E-state index in [-0.39, 0.29) is 12.1 Å². The fourth-order valence-corrected chi connectivity index (χ4v) is 3.55. The summed E-state index contributed by atoms with van der Waals surface area (Å²) in [6.07, 6.45) is 2.25. The van der Waals surface area contributed by atoms with E-state index < -0.39 is 23.3 Å². The Kier molecular flexibility index (Phi) is 5.63. The first-order valence-corrected chi connectivity index (χ1v) is 8.24. The minimum Gasteiger partial charge on any atom is -0.383 e. The van der Waals surface area contributed by atoms with Crippen molar-refractivity contribution >= 4 is 17.8 Å². The summed E-state index contributed by atoms with van der Waals surface area (Å²) in [7, 11) is 0. The Morgan fingerprint density at radius 2 is 2.23 bits per heavy atom. The zero-order valence-corrected chi connectivity index (χ0v) is 13.2. The monoisotopic (exact) mass is 330 g/mol.